The maximum absolute atomic E-state index is 13.6. The van der Waals surface area contributed by atoms with Gasteiger partial charge in [-0.2, -0.15) is 0 Å². The summed E-state index contributed by atoms with van der Waals surface area (Å²) in [7, 11) is 0. The summed E-state index contributed by atoms with van der Waals surface area (Å²) in [5, 5.41) is 2.18. The molecule has 1 amide bonds. The molecule has 0 aliphatic heterocycles. The van der Waals surface area contributed by atoms with Gasteiger partial charge < -0.3 is 10.1 Å². The third kappa shape index (κ3) is 4.26. The van der Waals surface area contributed by atoms with Crippen molar-refractivity contribution >= 4 is 29.2 Å². The van der Waals surface area contributed by atoms with Crippen molar-refractivity contribution in [3.63, 3.8) is 0 Å². The van der Waals surface area contributed by atoms with Gasteiger partial charge in [0, 0.05) is 11.1 Å². The van der Waals surface area contributed by atoms with Crippen LogP contribution < -0.4 is 5.32 Å². The lowest BCUT2D eigenvalue weighted by Crippen LogP contribution is -2.30. The number of esters is 1. The summed E-state index contributed by atoms with van der Waals surface area (Å²) < 4.78 is 44.9. The van der Waals surface area contributed by atoms with Gasteiger partial charge >= 0.3 is 5.97 Å². The Morgan fingerprint density at radius 3 is 2.46 bits per heavy atom. The molecule has 0 saturated heterocycles. The van der Waals surface area contributed by atoms with Gasteiger partial charge in [0.05, 0.1) is 11.3 Å². The molecule has 0 spiro atoms. The van der Waals surface area contributed by atoms with Crippen molar-refractivity contribution in [2.45, 2.75) is 13.0 Å². The number of anilines is 1. The number of halogens is 4. The summed E-state index contributed by atoms with van der Waals surface area (Å²) in [5.74, 6) is -4.50. The lowest BCUT2D eigenvalue weighted by atomic mass is 10.2. The fourth-order valence-corrected chi connectivity index (χ4v) is 1.92. The summed E-state index contributed by atoms with van der Waals surface area (Å²) in [6.45, 7) is 1.21. The first-order valence-corrected chi connectivity index (χ1v) is 7.07. The number of ether oxygens (including phenoxy) is 1. The van der Waals surface area contributed by atoms with E-state index in [9.17, 15) is 22.8 Å². The van der Waals surface area contributed by atoms with Crippen molar-refractivity contribution in [3.05, 3.63) is 64.4 Å². The maximum atomic E-state index is 13.6. The second-order valence-electron chi connectivity index (χ2n) is 4.79. The molecule has 0 unspecified atom stereocenters. The fourth-order valence-electron chi connectivity index (χ4n) is 1.76. The standard InChI is InChI=1S/C16H11ClF3NO3/c1-8(15(22)21-14-7-10(18)3-5-12(14)19)24-16(23)11-4-2-9(17)6-13(11)20/h2-8H,1H3,(H,21,22)/t8-/m0/s1. The second kappa shape index (κ2) is 7.35. The van der Waals surface area contributed by atoms with Crippen LogP contribution in [0.4, 0.5) is 18.9 Å². The van der Waals surface area contributed by atoms with Gasteiger partial charge in [0.1, 0.15) is 17.5 Å². The van der Waals surface area contributed by atoms with E-state index >= 15 is 0 Å². The molecule has 2 aromatic rings. The topological polar surface area (TPSA) is 55.4 Å². The zero-order chi connectivity index (χ0) is 17.9. The fraction of sp³-hybridized carbons (Fsp3) is 0.125. The quantitative estimate of drug-likeness (QED) is 0.843. The zero-order valence-electron chi connectivity index (χ0n) is 12.3. The Balaban J connectivity index is 2.05. The molecule has 0 fully saturated rings. The maximum Gasteiger partial charge on any atom is 0.341 e. The first-order chi connectivity index (χ1) is 11.3. The van der Waals surface area contributed by atoms with Crippen LogP contribution in [0, 0.1) is 17.5 Å². The average Bonchev–Trinajstić information content (AvgIpc) is 2.50. The van der Waals surface area contributed by atoms with Crippen molar-refractivity contribution in [1.29, 1.82) is 0 Å². The molecule has 0 aromatic heterocycles. The van der Waals surface area contributed by atoms with Crippen LogP contribution in [0.25, 0.3) is 0 Å². The molecule has 0 aliphatic rings. The molecule has 4 nitrogen and oxygen atoms in total. The van der Waals surface area contributed by atoms with Crippen LogP contribution in [-0.2, 0) is 9.53 Å². The van der Waals surface area contributed by atoms with Crippen LogP contribution in [0.2, 0.25) is 5.02 Å². The minimum absolute atomic E-state index is 0.0939. The number of nitrogens with one attached hydrogen (secondary N) is 1. The minimum Gasteiger partial charge on any atom is -0.449 e. The van der Waals surface area contributed by atoms with Gasteiger partial charge in [0.2, 0.25) is 0 Å². The number of carbonyl (C=O) groups is 2. The van der Waals surface area contributed by atoms with Crippen molar-refractivity contribution < 1.29 is 27.5 Å². The highest BCUT2D eigenvalue weighted by Gasteiger charge is 2.22. The molecule has 0 bridgehead atoms. The summed E-state index contributed by atoms with van der Waals surface area (Å²) in [6, 6.07) is 5.82. The van der Waals surface area contributed by atoms with Gasteiger partial charge in [-0.15, -0.1) is 0 Å². The van der Waals surface area contributed by atoms with E-state index < -0.39 is 46.7 Å². The highest BCUT2D eigenvalue weighted by Crippen LogP contribution is 2.18. The molecule has 2 rings (SSSR count). The Morgan fingerprint density at radius 1 is 1.08 bits per heavy atom. The number of hydrogen-bond donors (Lipinski definition) is 1. The predicted octanol–water partition coefficient (Wildman–Crippen LogP) is 3.94. The summed E-state index contributed by atoms with van der Waals surface area (Å²) in [6.07, 6.45) is -1.37. The van der Waals surface area contributed by atoms with Gasteiger partial charge in [-0.3, -0.25) is 4.79 Å². The molecule has 1 N–H and O–H groups in total. The Kier molecular flexibility index (Phi) is 5.46. The number of carbonyl (C=O) groups excluding carboxylic acids is 2. The molecule has 0 heterocycles. The van der Waals surface area contributed by atoms with Crippen LogP contribution in [0.3, 0.4) is 0 Å². The third-order valence-corrected chi connectivity index (χ3v) is 3.23. The van der Waals surface area contributed by atoms with E-state index in [4.69, 9.17) is 16.3 Å². The van der Waals surface area contributed by atoms with Crippen LogP contribution in [0.1, 0.15) is 17.3 Å². The van der Waals surface area contributed by atoms with Crippen molar-refractivity contribution in [3.8, 4) is 0 Å². The van der Waals surface area contributed by atoms with E-state index in [0.717, 1.165) is 30.3 Å². The van der Waals surface area contributed by atoms with E-state index in [1.54, 1.807) is 0 Å². The monoisotopic (exact) mass is 357 g/mol. The molecule has 126 valence electrons. The SMILES string of the molecule is C[C@H](OC(=O)c1ccc(Cl)cc1F)C(=O)Nc1cc(F)ccc1F. The molecular formula is C16H11ClF3NO3. The van der Waals surface area contributed by atoms with Crippen LogP contribution >= 0.6 is 11.6 Å². The van der Waals surface area contributed by atoms with Crippen molar-refractivity contribution in [2.24, 2.45) is 0 Å². The van der Waals surface area contributed by atoms with Crippen molar-refractivity contribution in [2.75, 3.05) is 5.32 Å². The van der Waals surface area contributed by atoms with Crippen molar-refractivity contribution in [1.82, 2.24) is 0 Å². The Morgan fingerprint density at radius 2 is 1.79 bits per heavy atom. The average molecular weight is 358 g/mol. The predicted molar refractivity (Wildman–Crippen MR) is 81.3 cm³/mol. The lowest BCUT2D eigenvalue weighted by molar-refractivity contribution is -0.123. The van der Waals surface area contributed by atoms with Crippen LogP contribution in [0.5, 0.6) is 0 Å². The highest BCUT2D eigenvalue weighted by atomic mass is 35.5. The molecule has 2 aromatic carbocycles. The van der Waals surface area contributed by atoms with E-state index in [-0.39, 0.29) is 5.02 Å². The first kappa shape index (κ1) is 17.8. The normalized spacial score (nSPS) is 11.7. The molecule has 0 aliphatic carbocycles. The molecule has 8 heteroatoms. The molecule has 24 heavy (non-hydrogen) atoms. The largest absolute Gasteiger partial charge is 0.449 e. The van der Waals surface area contributed by atoms with E-state index in [1.165, 1.54) is 13.0 Å². The molecule has 1 atom stereocenters. The molecular weight excluding hydrogens is 347 g/mol. The Bertz CT molecular complexity index is 798. The van der Waals surface area contributed by atoms with E-state index in [0.29, 0.717) is 0 Å². The minimum atomic E-state index is -1.37. The summed E-state index contributed by atoms with van der Waals surface area (Å²) in [5.41, 5.74) is -0.809. The number of rotatable bonds is 4. The Hall–Kier alpha value is -2.54. The summed E-state index contributed by atoms with van der Waals surface area (Å²) in [4.78, 5) is 23.7. The van der Waals surface area contributed by atoms with Crippen LogP contribution in [0.15, 0.2) is 36.4 Å². The number of amides is 1. The van der Waals surface area contributed by atoms with Crippen LogP contribution in [-0.4, -0.2) is 18.0 Å². The van der Waals surface area contributed by atoms with Gasteiger partial charge in [0.15, 0.2) is 6.10 Å². The van der Waals surface area contributed by atoms with Gasteiger partial charge in [-0.25, -0.2) is 18.0 Å². The molecule has 0 radical (unpaired) electrons. The van der Waals surface area contributed by atoms with Gasteiger partial charge in [-0.05, 0) is 37.3 Å². The third-order valence-electron chi connectivity index (χ3n) is 2.99. The molecule has 0 saturated carbocycles. The lowest BCUT2D eigenvalue weighted by Gasteiger charge is -2.14. The highest BCUT2D eigenvalue weighted by molar-refractivity contribution is 6.30. The smallest absolute Gasteiger partial charge is 0.341 e. The van der Waals surface area contributed by atoms with E-state index in [1.807, 2.05) is 0 Å². The summed E-state index contributed by atoms with van der Waals surface area (Å²) >= 11 is 5.57. The zero-order valence-corrected chi connectivity index (χ0v) is 13.0. The number of hydrogen-bond acceptors (Lipinski definition) is 3. The first-order valence-electron chi connectivity index (χ1n) is 6.70. The van der Waals surface area contributed by atoms with Gasteiger partial charge in [-0.1, -0.05) is 11.6 Å². The number of benzene rings is 2. The van der Waals surface area contributed by atoms with Gasteiger partial charge in [0.25, 0.3) is 5.91 Å². The second-order valence-corrected chi connectivity index (χ2v) is 5.22. The van der Waals surface area contributed by atoms with E-state index in [2.05, 4.69) is 5.32 Å². The Labute approximate surface area is 140 Å².